The van der Waals surface area contributed by atoms with E-state index in [1.165, 1.54) is 37.5 Å². The third kappa shape index (κ3) is 4.89. The van der Waals surface area contributed by atoms with Crippen molar-refractivity contribution < 1.29 is 13.2 Å². The summed E-state index contributed by atoms with van der Waals surface area (Å²) >= 11 is 0. The summed E-state index contributed by atoms with van der Waals surface area (Å²) in [6, 6.07) is 8.77. The minimum atomic E-state index is -3.17. The highest BCUT2D eigenvalue weighted by Gasteiger charge is 2.41. The van der Waals surface area contributed by atoms with E-state index in [9.17, 15) is 13.2 Å². The number of hydrogen-bond acceptors (Lipinski definition) is 4. The molecule has 1 aliphatic carbocycles. The predicted octanol–water partition coefficient (Wildman–Crippen LogP) is 2.95. The number of sulfonamides is 1. The largest absolute Gasteiger partial charge is 0.366 e. The van der Waals surface area contributed by atoms with Gasteiger partial charge in [-0.15, -0.1) is 0 Å². The van der Waals surface area contributed by atoms with E-state index in [0.717, 1.165) is 32.2 Å². The number of hydrogen-bond donors (Lipinski definition) is 1. The highest BCUT2D eigenvalue weighted by atomic mass is 32.2. The van der Waals surface area contributed by atoms with Gasteiger partial charge in [0.1, 0.15) is 0 Å². The van der Waals surface area contributed by atoms with Crippen molar-refractivity contribution in [1.82, 2.24) is 9.21 Å². The van der Waals surface area contributed by atoms with Crippen molar-refractivity contribution in [1.29, 1.82) is 0 Å². The Bertz CT molecular complexity index is 852. The second-order valence-corrected chi connectivity index (χ2v) is 11.5. The first-order chi connectivity index (χ1) is 14.3. The Kier molecular flexibility index (Phi) is 6.51. The molecule has 6 nitrogen and oxygen atoms in total. The lowest BCUT2D eigenvalue weighted by Crippen LogP contribution is -2.47. The third-order valence-electron chi connectivity index (χ3n) is 7.54. The molecule has 30 heavy (non-hydrogen) atoms. The summed E-state index contributed by atoms with van der Waals surface area (Å²) in [7, 11) is -3.17. The number of benzene rings is 1. The average Bonchev–Trinajstić information content (AvgIpc) is 3.29. The summed E-state index contributed by atoms with van der Waals surface area (Å²) in [6.45, 7) is 2.11. The van der Waals surface area contributed by atoms with Gasteiger partial charge in [-0.1, -0.05) is 25.0 Å². The maximum atomic E-state index is 12.4. The Morgan fingerprint density at radius 1 is 1.13 bits per heavy atom. The van der Waals surface area contributed by atoms with Crippen LogP contribution in [0.1, 0.15) is 73.2 Å². The fourth-order valence-electron chi connectivity index (χ4n) is 5.96. The monoisotopic (exact) mass is 433 g/mol. The smallest absolute Gasteiger partial charge is 0.248 e. The van der Waals surface area contributed by atoms with Gasteiger partial charge in [0.25, 0.3) is 0 Å². The van der Waals surface area contributed by atoms with Gasteiger partial charge in [0.15, 0.2) is 0 Å². The van der Waals surface area contributed by atoms with Crippen molar-refractivity contribution in [3.05, 3.63) is 35.4 Å². The van der Waals surface area contributed by atoms with Crippen molar-refractivity contribution in [3.63, 3.8) is 0 Å². The molecule has 0 aromatic heterocycles. The molecule has 0 radical (unpaired) electrons. The average molecular weight is 434 g/mol. The van der Waals surface area contributed by atoms with Gasteiger partial charge >= 0.3 is 0 Å². The molecule has 166 valence electrons. The van der Waals surface area contributed by atoms with Gasteiger partial charge < -0.3 is 5.73 Å². The molecule has 0 unspecified atom stereocenters. The van der Waals surface area contributed by atoms with Gasteiger partial charge in [0, 0.05) is 37.3 Å². The number of nitrogens with zero attached hydrogens (tertiary/aromatic N) is 2. The second kappa shape index (κ2) is 8.97. The van der Waals surface area contributed by atoms with Crippen LogP contribution in [-0.4, -0.2) is 61.5 Å². The lowest BCUT2D eigenvalue weighted by atomic mass is 9.84. The summed E-state index contributed by atoms with van der Waals surface area (Å²) in [6.07, 6.45) is 10.6. The molecular weight excluding hydrogens is 398 g/mol. The van der Waals surface area contributed by atoms with Crippen molar-refractivity contribution >= 4 is 15.9 Å². The van der Waals surface area contributed by atoms with E-state index >= 15 is 0 Å². The zero-order valence-corrected chi connectivity index (χ0v) is 18.8. The van der Waals surface area contributed by atoms with Crippen LogP contribution in [0.5, 0.6) is 0 Å². The van der Waals surface area contributed by atoms with Gasteiger partial charge in [0.05, 0.1) is 6.26 Å². The van der Waals surface area contributed by atoms with Gasteiger partial charge in [-0.25, -0.2) is 12.7 Å². The number of rotatable bonds is 8. The van der Waals surface area contributed by atoms with E-state index in [1.54, 1.807) is 10.4 Å². The zero-order chi connectivity index (χ0) is 21.3. The van der Waals surface area contributed by atoms with Crippen LogP contribution >= 0.6 is 0 Å². The first-order valence-corrected chi connectivity index (χ1v) is 13.3. The van der Waals surface area contributed by atoms with Gasteiger partial charge in [-0.3, -0.25) is 9.69 Å². The van der Waals surface area contributed by atoms with Crippen molar-refractivity contribution in [2.75, 3.05) is 25.9 Å². The minimum absolute atomic E-state index is 0.375. The Hall–Kier alpha value is -1.44. The summed E-state index contributed by atoms with van der Waals surface area (Å²) in [5, 5.41) is 0. The van der Waals surface area contributed by atoms with Gasteiger partial charge in [-0.2, -0.15) is 0 Å². The molecule has 3 aliphatic rings. The molecule has 2 N–H and O–H groups in total. The fraction of sp³-hybridized carbons (Fsp3) is 0.696. The number of amides is 1. The normalized spacial score (nSPS) is 27.7. The lowest BCUT2D eigenvalue weighted by Gasteiger charge is -2.40. The molecular formula is C23H35N3O3S. The van der Waals surface area contributed by atoms with E-state index < -0.39 is 10.0 Å². The molecule has 2 aliphatic heterocycles. The zero-order valence-electron chi connectivity index (χ0n) is 18.0. The molecule has 4 rings (SSSR count). The Morgan fingerprint density at radius 3 is 2.40 bits per heavy atom. The van der Waals surface area contributed by atoms with E-state index in [-0.39, 0.29) is 5.91 Å². The quantitative estimate of drug-likeness (QED) is 0.683. The van der Waals surface area contributed by atoms with Crippen molar-refractivity contribution in [2.24, 2.45) is 11.7 Å². The van der Waals surface area contributed by atoms with Crippen molar-refractivity contribution in [2.45, 2.75) is 69.4 Å². The molecule has 3 atom stereocenters. The van der Waals surface area contributed by atoms with E-state index in [4.69, 9.17) is 5.73 Å². The van der Waals surface area contributed by atoms with Crippen LogP contribution in [0.2, 0.25) is 0 Å². The first-order valence-electron chi connectivity index (χ1n) is 11.4. The number of primary amides is 1. The van der Waals surface area contributed by atoms with Crippen molar-refractivity contribution in [3.8, 4) is 0 Å². The van der Waals surface area contributed by atoms with E-state index in [2.05, 4.69) is 11.0 Å². The molecule has 1 amide bonds. The summed E-state index contributed by atoms with van der Waals surface area (Å²) in [4.78, 5) is 14.1. The second-order valence-electron chi connectivity index (χ2n) is 9.55. The lowest BCUT2D eigenvalue weighted by molar-refractivity contribution is 0.0999. The van der Waals surface area contributed by atoms with Gasteiger partial charge in [0.2, 0.25) is 15.9 Å². The number of nitrogens with two attached hydrogens (primary N) is 1. The number of carbonyl (C=O) groups is 1. The maximum Gasteiger partial charge on any atom is 0.248 e. The van der Waals surface area contributed by atoms with Crippen LogP contribution in [0.4, 0.5) is 0 Å². The van der Waals surface area contributed by atoms with Crippen LogP contribution < -0.4 is 5.73 Å². The fourth-order valence-corrected chi connectivity index (χ4v) is 6.85. The van der Waals surface area contributed by atoms with Crippen LogP contribution in [0, 0.1) is 5.92 Å². The van der Waals surface area contributed by atoms with Gasteiger partial charge in [-0.05, 0) is 68.1 Å². The molecule has 2 heterocycles. The minimum Gasteiger partial charge on any atom is -0.366 e. The molecule has 2 bridgehead atoms. The molecule has 1 aromatic rings. The van der Waals surface area contributed by atoms with E-state index in [1.807, 2.05) is 12.1 Å². The Morgan fingerprint density at radius 2 is 1.80 bits per heavy atom. The van der Waals surface area contributed by atoms with Crippen LogP contribution in [0.25, 0.3) is 0 Å². The Balaban J connectivity index is 1.38. The van der Waals surface area contributed by atoms with Crippen LogP contribution in [0.15, 0.2) is 24.3 Å². The standard InChI is InChI=1S/C23H35N3O3S/c1-30(28,29)25(16-17-5-2-3-6-17)11-12-26-21-9-10-22(26)15-20(14-21)18-7-4-8-19(13-18)23(24)27/h4,7-8,13,17,20-22H,2-3,5-6,9-12,14-16H2,1H3,(H2,24,27)/t20-,21+,22-. The molecule has 7 heteroatoms. The molecule has 3 fully saturated rings. The molecule has 1 aromatic carbocycles. The number of carbonyl (C=O) groups excluding carboxylic acids is 1. The molecule has 0 spiro atoms. The SMILES string of the molecule is CS(=O)(=O)N(CCN1[C@@H]2CC[C@H]1C[C@@H](c1cccc(C(N)=O)c1)C2)CC1CCCC1. The number of piperidine rings is 1. The highest BCUT2D eigenvalue weighted by molar-refractivity contribution is 7.88. The Labute approximate surface area is 180 Å². The number of fused-ring (bicyclic) bond motifs is 2. The van der Waals surface area contributed by atoms with Crippen LogP contribution in [0.3, 0.4) is 0 Å². The third-order valence-corrected chi connectivity index (χ3v) is 8.81. The summed E-state index contributed by atoms with van der Waals surface area (Å²) in [5.74, 6) is 0.600. The summed E-state index contributed by atoms with van der Waals surface area (Å²) < 4.78 is 26.5. The van der Waals surface area contributed by atoms with Crippen LogP contribution in [-0.2, 0) is 10.0 Å². The maximum absolute atomic E-state index is 12.4. The van der Waals surface area contributed by atoms with E-state index in [0.29, 0.717) is 42.6 Å². The molecule has 2 saturated heterocycles. The molecule has 1 saturated carbocycles. The predicted molar refractivity (Wildman–Crippen MR) is 119 cm³/mol. The topological polar surface area (TPSA) is 83.7 Å². The summed E-state index contributed by atoms with van der Waals surface area (Å²) in [5.41, 5.74) is 7.25. The highest BCUT2D eigenvalue weighted by Crippen LogP contribution is 2.43. The first kappa shape index (κ1) is 21.8.